The fraction of sp³-hybridized carbons (Fsp3) is 0.348. The molecule has 2 amide bonds. The summed E-state index contributed by atoms with van der Waals surface area (Å²) in [5, 5.41) is 2.75. The number of rotatable bonds is 7. The van der Waals surface area contributed by atoms with Crippen molar-refractivity contribution in [2.24, 2.45) is 0 Å². The Hall–Kier alpha value is -3.35. The van der Waals surface area contributed by atoms with Crippen molar-refractivity contribution in [1.82, 2.24) is 10.2 Å². The molecule has 1 aliphatic rings. The number of esters is 1. The van der Waals surface area contributed by atoms with Crippen LogP contribution in [0, 0.1) is 0 Å². The number of nitrogens with zero attached hydrogens (tertiary/aromatic N) is 1. The third kappa shape index (κ3) is 5.17. The number of benzene rings is 2. The average molecular weight is 410 g/mol. The molecule has 0 unspecified atom stereocenters. The second-order valence-corrected chi connectivity index (χ2v) is 7.07. The molecule has 1 aliphatic heterocycles. The lowest BCUT2D eigenvalue weighted by Gasteiger charge is -2.27. The Morgan fingerprint density at radius 1 is 1.07 bits per heavy atom. The maximum absolute atomic E-state index is 12.2. The summed E-state index contributed by atoms with van der Waals surface area (Å²) in [4.78, 5) is 37.9. The third-order valence-corrected chi connectivity index (χ3v) is 4.95. The molecule has 0 bridgehead atoms. The van der Waals surface area contributed by atoms with Gasteiger partial charge in [-0.2, -0.15) is 0 Å². The third-order valence-electron chi connectivity index (χ3n) is 4.95. The van der Waals surface area contributed by atoms with Gasteiger partial charge in [0, 0.05) is 37.2 Å². The summed E-state index contributed by atoms with van der Waals surface area (Å²) < 4.78 is 10.8. The Balaban J connectivity index is 1.85. The maximum Gasteiger partial charge on any atom is 0.337 e. The van der Waals surface area contributed by atoms with E-state index >= 15 is 0 Å². The summed E-state index contributed by atoms with van der Waals surface area (Å²) in [5.41, 5.74) is 1.69. The van der Waals surface area contributed by atoms with Gasteiger partial charge in [0.05, 0.1) is 12.7 Å². The van der Waals surface area contributed by atoms with Crippen molar-refractivity contribution in [3.63, 3.8) is 0 Å². The first kappa shape index (κ1) is 21.4. The summed E-state index contributed by atoms with van der Waals surface area (Å²) in [7, 11) is 1.32. The van der Waals surface area contributed by atoms with E-state index in [9.17, 15) is 14.4 Å². The van der Waals surface area contributed by atoms with E-state index < -0.39 is 5.97 Å². The van der Waals surface area contributed by atoms with Gasteiger partial charge in [0.25, 0.3) is 5.91 Å². The van der Waals surface area contributed by atoms with E-state index in [1.807, 2.05) is 11.8 Å². The van der Waals surface area contributed by atoms with Crippen LogP contribution >= 0.6 is 0 Å². The molecule has 1 heterocycles. The standard InChI is InChI=1S/C23H26N2O5/c1-3-24-22(27)16-9-11-19(12-10-16)30-20-14-17(23(28)29-2)7-8-18(20)15-25-13-5-4-6-21(25)26/h7-12,14H,3-6,13,15H2,1-2H3,(H,24,27). The highest BCUT2D eigenvalue weighted by Gasteiger charge is 2.21. The smallest absolute Gasteiger partial charge is 0.337 e. The molecule has 0 spiro atoms. The van der Waals surface area contributed by atoms with Gasteiger partial charge in [0.15, 0.2) is 0 Å². The van der Waals surface area contributed by atoms with Gasteiger partial charge in [-0.15, -0.1) is 0 Å². The molecule has 0 saturated carbocycles. The van der Waals surface area contributed by atoms with Crippen LogP contribution in [0.5, 0.6) is 11.5 Å². The van der Waals surface area contributed by atoms with Crippen LogP contribution in [0.25, 0.3) is 0 Å². The Morgan fingerprint density at radius 3 is 2.47 bits per heavy atom. The monoisotopic (exact) mass is 410 g/mol. The van der Waals surface area contributed by atoms with E-state index in [1.165, 1.54) is 7.11 Å². The molecular weight excluding hydrogens is 384 g/mol. The van der Waals surface area contributed by atoms with Gasteiger partial charge in [-0.1, -0.05) is 6.07 Å². The second-order valence-electron chi connectivity index (χ2n) is 7.07. The topological polar surface area (TPSA) is 84.9 Å². The molecule has 0 radical (unpaired) electrons. The van der Waals surface area contributed by atoms with Gasteiger partial charge in [-0.3, -0.25) is 9.59 Å². The van der Waals surface area contributed by atoms with Crippen LogP contribution < -0.4 is 10.1 Å². The molecule has 0 aromatic heterocycles. The quantitative estimate of drug-likeness (QED) is 0.706. The Morgan fingerprint density at radius 2 is 1.80 bits per heavy atom. The lowest BCUT2D eigenvalue weighted by Crippen LogP contribution is -2.34. The first-order valence-electron chi connectivity index (χ1n) is 10.1. The van der Waals surface area contributed by atoms with Gasteiger partial charge in [-0.05, 0) is 56.2 Å². The highest BCUT2D eigenvalue weighted by Crippen LogP contribution is 2.29. The molecule has 7 nitrogen and oxygen atoms in total. The number of nitrogens with one attached hydrogen (secondary N) is 1. The number of carbonyl (C=O) groups is 3. The summed E-state index contributed by atoms with van der Waals surface area (Å²) in [6.45, 7) is 3.53. The summed E-state index contributed by atoms with van der Waals surface area (Å²) in [6.07, 6.45) is 2.44. The van der Waals surface area contributed by atoms with E-state index in [1.54, 1.807) is 42.5 Å². The minimum absolute atomic E-state index is 0.121. The zero-order valence-corrected chi connectivity index (χ0v) is 17.3. The van der Waals surface area contributed by atoms with Gasteiger partial charge in [0.1, 0.15) is 11.5 Å². The molecule has 30 heavy (non-hydrogen) atoms. The van der Waals surface area contributed by atoms with Crippen LogP contribution in [-0.4, -0.2) is 42.9 Å². The lowest BCUT2D eigenvalue weighted by molar-refractivity contribution is -0.133. The fourth-order valence-electron chi connectivity index (χ4n) is 3.32. The van der Waals surface area contributed by atoms with Gasteiger partial charge >= 0.3 is 5.97 Å². The van der Waals surface area contributed by atoms with E-state index in [-0.39, 0.29) is 11.8 Å². The predicted molar refractivity (Wildman–Crippen MR) is 112 cm³/mol. The zero-order chi connectivity index (χ0) is 21.5. The Bertz CT molecular complexity index is 924. The Kier molecular flexibility index (Phi) is 7.06. The van der Waals surface area contributed by atoms with Crippen LogP contribution in [-0.2, 0) is 16.1 Å². The van der Waals surface area contributed by atoms with Crippen molar-refractivity contribution in [2.45, 2.75) is 32.7 Å². The number of piperidine rings is 1. The summed E-state index contributed by atoms with van der Waals surface area (Å²) in [6, 6.07) is 11.8. The fourth-order valence-corrected chi connectivity index (χ4v) is 3.32. The zero-order valence-electron chi connectivity index (χ0n) is 17.3. The van der Waals surface area contributed by atoms with Crippen molar-refractivity contribution in [3.05, 3.63) is 59.2 Å². The van der Waals surface area contributed by atoms with Crippen LogP contribution in [0.2, 0.25) is 0 Å². The normalized spacial score (nSPS) is 13.7. The number of hydrogen-bond acceptors (Lipinski definition) is 5. The van der Waals surface area contributed by atoms with E-state index in [4.69, 9.17) is 9.47 Å². The van der Waals surface area contributed by atoms with E-state index in [0.717, 1.165) is 18.4 Å². The van der Waals surface area contributed by atoms with Crippen molar-refractivity contribution >= 4 is 17.8 Å². The molecule has 1 fully saturated rings. The van der Waals surface area contributed by atoms with Crippen LogP contribution in [0.4, 0.5) is 0 Å². The van der Waals surface area contributed by atoms with Crippen LogP contribution in [0.1, 0.15) is 52.5 Å². The molecule has 1 N–H and O–H groups in total. The molecule has 2 aromatic rings. The average Bonchev–Trinajstić information content (AvgIpc) is 2.76. The molecule has 2 aromatic carbocycles. The van der Waals surface area contributed by atoms with E-state index in [2.05, 4.69) is 5.32 Å². The van der Waals surface area contributed by atoms with Crippen molar-refractivity contribution in [3.8, 4) is 11.5 Å². The first-order valence-corrected chi connectivity index (χ1v) is 10.1. The molecule has 3 rings (SSSR count). The number of amides is 2. The van der Waals surface area contributed by atoms with Crippen molar-refractivity contribution in [1.29, 1.82) is 0 Å². The predicted octanol–water partition coefficient (Wildman–Crippen LogP) is 3.53. The first-order chi connectivity index (χ1) is 14.5. The number of hydrogen-bond donors (Lipinski definition) is 1. The molecular formula is C23H26N2O5. The maximum atomic E-state index is 12.2. The highest BCUT2D eigenvalue weighted by atomic mass is 16.5. The van der Waals surface area contributed by atoms with Crippen molar-refractivity contribution in [2.75, 3.05) is 20.2 Å². The molecule has 158 valence electrons. The minimum atomic E-state index is -0.466. The van der Waals surface area contributed by atoms with Crippen molar-refractivity contribution < 1.29 is 23.9 Å². The number of carbonyl (C=O) groups excluding carboxylic acids is 3. The molecule has 0 aliphatic carbocycles. The molecule has 7 heteroatoms. The van der Waals surface area contributed by atoms with Gasteiger partial charge < -0.3 is 19.7 Å². The van der Waals surface area contributed by atoms with Gasteiger partial charge in [0.2, 0.25) is 5.91 Å². The second kappa shape index (κ2) is 9.91. The van der Waals surface area contributed by atoms with Gasteiger partial charge in [-0.25, -0.2) is 4.79 Å². The van der Waals surface area contributed by atoms with Crippen LogP contribution in [0.3, 0.4) is 0 Å². The summed E-state index contributed by atoms with van der Waals surface area (Å²) >= 11 is 0. The SMILES string of the molecule is CCNC(=O)c1ccc(Oc2cc(C(=O)OC)ccc2CN2CCCCC2=O)cc1. The Labute approximate surface area is 176 Å². The highest BCUT2D eigenvalue weighted by molar-refractivity contribution is 5.94. The molecule has 0 atom stereocenters. The lowest BCUT2D eigenvalue weighted by atomic mass is 10.1. The number of likely N-dealkylation sites (tertiary alicyclic amines) is 1. The number of methoxy groups -OCH3 is 1. The minimum Gasteiger partial charge on any atom is -0.465 e. The van der Waals surface area contributed by atoms with Crippen LogP contribution in [0.15, 0.2) is 42.5 Å². The molecule has 1 saturated heterocycles. The summed E-state index contributed by atoms with van der Waals surface area (Å²) in [5.74, 6) is 0.502. The number of ether oxygens (including phenoxy) is 2. The van der Waals surface area contributed by atoms with E-state index in [0.29, 0.717) is 48.7 Å². The largest absolute Gasteiger partial charge is 0.465 e.